The summed E-state index contributed by atoms with van der Waals surface area (Å²) < 4.78 is 28.2. The first kappa shape index (κ1) is 17.8. The Bertz CT molecular complexity index is 860. The van der Waals surface area contributed by atoms with E-state index in [1.807, 2.05) is 36.4 Å². The molecule has 1 fully saturated rings. The molecule has 3 N–H and O–H groups in total. The average Bonchev–Trinajstić information content (AvgIpc) is 3.13. The summed E-state index contributed by atoms with van der Waals surface area (Å²) in [6.45, 7) is 5.30. The van der Waals surface area contributed by atoms with E-state index in [2.05, 4.69) is 19.2 Å². The van der Waals surface area contributed by atoms with E-state index in [0.29, 0.717) is 11.8 Å². The largest absolute Gasteiger partial charge is 0.495 e. The van der Waals surface area contributed by atoms with Crippen molar-refractivity contribution in [3.63, 3.8) is 0 Å². The van der Waals surface area contributed by atoms with Crippen LogP contribution in [0.15, 0.2) is 53.4 Å². The molecule has 1 saturated carbocycles. The van der Waals surface area contributed by atoms with Gasteiger partial charge in [0.2, 0.25) is 10.0 Å². The van der Waals surface area contributed by atoms with Crippen LogP contribution in [0.4, 0.5) is 5.69 Å². The van der Waals surface area contributed by atoms with Crippen molar-refractivity contribution in [2.24, 2.45) is 16.5 Å². The molecule has 0 radical (unpaired) electrons. The highest BCUT2D eigenvalue weighted by molar-refractivity contribution is 7.89. The molecular weight excluding hydrogens is 336 g/mol. The van der Waals surface area contributed by atoms with E-state index in [4.69, 9.17) is 9.88 Å². The molecule has 0 amide bonds. The van der Waals surface area contributed by atoms with Crippen LogP contribution in [0.1, 0.15) is 25.3 Å². The zero-order chi connectivity index (χ0) is 18.2. The molecule has 1 aliphatic carbocycles. The van der Waals surface area contributed by atoms with Gasteiger partial charge in [-0.15, -0.1) is 0 Å². The lowest BCUT2D eigenvalue weighted by Crippen LogP contribution is -2.11. The first-order valence-electron chi connectivity index (χ1n) is 8.25. The summed E-state index contributed by atoms with van der Waals surface area (Å²) in [5.41, 5.74) is 2.28. The van der Waals surface area contributed by atoms with E-state index in [1.165, 1.54) is 0 Å². The SMILES string of the molecule is COc1ccccc1NC[C@H]1[C@H](c2ccc(S(N)(=O)=O)cc2)C1(C)C. The topological polar surface area (TPSA) is 81.4 Å². The minimum atomic E-state index is -3.65. The summed E-state index contributed by atoms with van der Waals surface area (Å²) in [6.07, 6.45) is 0. The number of anilines is 1. The lowest BCUT2D eigenvalue weighted by Gasteiger charge is -2.11. The number of nitrogens with two attached hydrogens (primary N) is 1. The molecule has 134 valence electrons. The third-order valence-corrected chi connectivity index (χ3v) is 6.17. The zero-order valence-electron chi connectivity index (χ0n) is 14.7. The second kappa shape index (κ2) is 6.35. The first-order chi connectivity index (χ1) is 11.7. The number of benzene rings is 2. The van der Waals surface area contributed by atoms with Crippen LogP contribution >= 0.6 is 0 Å². The van der Waals surface area contributed by atoms with Gasteiger partial charge in [0.1, 0.15) is 5.75 Å². The van der Waals surface area contributed by atoms with Crippen LogP contribution in [-0.4, -0.2) is 22.1 Å². The molecule has 2 aromatic rings. The zero-order valence-corrected chi connectivity index (χ0v) is 15.5. The second-order valence-electron chi connectivity index (χ2n) is 7.10. The quantitative estimate of drug-likeness (QED) is 0.829. The van der Waals surface area contributed by atoms with Crippen molar-refractivity contribution in [2.75, 3.05) is 19.0 Å². The maximum atomic E-state index is 11.4. The van der Waals surface area contributed by atoms with E-state index in [1.54, 1.807) is 19.2 Å². The number of rotatable bonds is 6. The Morgan fingerprint density at radius 3 is 2.36 bits per heavy atom. The Morgan fingerprint density at radius 1 is 1.12 bits per heavy atom. The lowest BCUT2D eigenvalue weighted by atomic mass is 10.0. The predicted octanol–water partition coefficient (Wildman–Crippen LogP) is 3.19. The van der Waals surface area contributed by atoms with Crippen molar-refractivity contribution in [3.05, 3.63) is 54.1 Å². The molecule has 6 heteroatoms. The molecule has 0 aliphatic heterocycles. The van der Waals surface area contributed by atoms with E-state index >= 15 is 0 Å². The summed E-state index contributed by atoms with van der Waals surface area (Å²) in [6, 6.07) is 14.8. The van der Waals surface area contributed by atoms with Gasteiger partial charge < -0.3 is 10.1 Å². The van der Waals surface area contributed by atoms with Crippen molar-refractivity contribution in [2.45, 2.75) is 24.7 Å². The van der Waals surface area contributed by atoms with Crippen LogP contribution in [0.5, 0.6) is 5.75 Å². The molecule has 1 aliphatic rings. The summed E-state index contributed by atoms with van der Waals surface area (Å²) in [5.74, 6) is 1.66. The Hall–Kier alpha value is -2.05. The van der Waals surface area contributed by atoms with Crippen LogP contribution < -0.4 is 15.2 Å². The second-order valence-corrected chi connectivity index (χ2v) is 8.66. The summed E-state index contributed by atoms with van der Waals surface area (Å²) in [4.78, 5) is 0.151. The van der Waals surface area contributed by atoms with E-state index in [9.17, 15) is 8.42 Å². The minimum Gasteiger partial charge on any atom is -0.495 e. The third-order valence-electron chi connectivity index (χ3n) is 5.24. The van der Waals surface area contributed by atoms with E-state index in [-0.39, 0.29) is 10.3 Å². The molecule has 0 spiro atoms. The van der Waals surface area contributed by atoms with Gasteiger partial charge in [-0.1, -0.05) is 38.1 Å². The number of para-hydroxylation sites is 2. The van der Waals surface area contributed by atoms with Crippen LogP contribution in [0, 0.1) is 11.3 Å². The monoisotopic (exact) mass is 360 g/mol. The van der Waals surface area contributed by atoms with Crippen molar-refractivity contribution in [1.29, 1.82) is 0 Å². The van der Waals surface area contributed by atoms with Gasteiger partial charge >= 0.3 is 0 Å². The molecule has 5 nitrogen and oxygen atoms in total. The first-order valence-corrected chi connectivity index (χ1v) is 9.79. The van der Waals surface area contributed by atoms with Crippen LogP contribution in [0.3, 0.4) is 0 Å². The summed E-state index contributed by atoms with van der Waals surface area (Å²) >= 11 is 0. The minimum absolute atomic E-state index is 0.151. The summed E-state index contributed by atoms with van der Waals surface area (Å²) in [7, 11) is -1.98. The molecule has 2 atom stereocenters. The van der Waals surface area contributed by atoms with Gasteiger partial charge in [-0.05, 0) is 47.1 Å². The molecule has 0 heterocycles. The summed E-state index contributed by atoms with van der Waals surface area (Å²) in [5, 5.41) is 8.65. The molecular formula is C19H24N2O3S. The number of hydrogen-bond donors (Lipinski definition) is 2. The van der Waals surface area contributed by atoms with Gasteiger partial charge in [-0.2, -0.15) is 0 Å². The fourth-order valence-electron chi connectivity index (χ4n) is 3.66. The number of primary sulfonamides is 1. The van der Waals surface area contributed by atoms with Crippen LogP contribution in [-0.2, 0) is 10.0 Å². The van der Waals surface area contributed by atoms with Crippen molar-refractivity contribution in [3.8, 4) is 5.75 Å². The Labute approximate surface area is 149 Å². The van der Waals surface area contributed by atoms with Crippen LogP contribution in [0.25, 0.3) is 0 Å². The fourth-order valence-corrected chi connectivity index (χ4v) is 4.18. The van der Waals surface area contributed by atoms with Gasteiger partial charge in [0.25, 0.3) is 0 Å². The fraction of sp³-hybridized carbons (Fsp3) is 0.368. The molecule has 0 unspecified atom stereocenters. The Balaban J connectivity index is 1.72. The number of methoxy groups -OCH3 is 1. The Morgan fingerprint density at radius 2 is 1.76 bits per heavy atom. The van der Waals surface area contributed by atoms with Gasteiger partial charge in [-0.25, -0.2) is 13.6 Å². The van der Waals surface area contributed by atoms with Gasteiger partial charge in [0.15, 0.2) is 0 Å². The van der Waals surface area contributed by atoms with Crippen molar-refractivity contribution >= 4 is 15.7 Å². The lowest BCUT2D eigenvalue weighted by molar-refractivity contribution is 0.416. The standard InChI is InChI=1S/C19H24N2O3S/c1-19(2)15(12-21-16-6-4-5-7-17(16)24-3)18(19)13-8-10-14(11-9-13)25(20,22)23/h4-11,15,18,21H,12H2,1-3H3,(H2,20,22,23)/t15-,18-/m0/s1. The molecule has 2 aromatic carbocycles. The van der Waals surface area contributed by atoms with Gasteiger partial charge in [0.05, 0.1) is 17.7 Å². The number of sulfonamides is 1. The highest BCUT2D eigenvalue weighted by Gasteiger charge is 2.57. The normalized spacial score (nSPS) is 21.6. The predicted molar refractivity (Wildman–Crippen MR) is 99.3 cm³/mol. The number of hydrogen-bond acceptors (Lipinski definition) is 4. The van der Waals surface area contributed by atoms with Crippen molar-refractivity contribution in [1.82, 2.24) is 0 Å². The molecule has 0 bridgehead atoms. The number of ether oxygens (including phenoxy) is 1. The molecule has 25 heavy (non-hydrogen) atoms. The Kier molecular flexibility index (Phi) is 4.51. The third kappa shape index (κ3) is 3.50. The van der Waals surface area contributed by atoms with E-state index < -0.39 is 10.0 Å². The maximum absolute atomic E-state index is 11.4. The number of nitrogens with one attached hydrogen (secondary N) is 1. The molecule has 0 aromatic heterocycles. The van der Waals surface area contributed by atoms with Crippen LogP contribution in [0.2, 0.25) is 0 Å². The maximum Gasteiger partial charge on any atom is 0.238 e. The highest BCUT2D eigenvalue weighted by atomic mass is 32.2. The molecule has 0 saturated heterocycles. The van der Waals surface area contributed by atoms with Gasteiger partial charge in [-0.3, -0.25) is 0 Å². The average molecular weight is 360 g/mol. The van der Waals surface area contributed by atoms with Gasteiger partial charge in [0, 0.05) is 6.54 Å². The smallest absolute Gasteiger partial charge is 0.238 e. The molecule has 3 rings (SSSR count). The van der Waals surface area contributed by atoms with Crippen molar-refractivity contribution < 1.29 is 13.2 Å². The van der Waals surface area contributed by atoms with E-state index in [0.717, 1.165) is 23.5 Å². The highest BCUT2D eigenvalue weighted by Crippen LogP contribution is 2.64.